The Morgan fingerprint density at radius 3 is 2.50 bits per heavy atom. The number of hydrogen-bond donors (Lipinski definition) is 1. The third kappa shape index (κ3) is 3.96. The average Bonchev–Trinajstić information content (AvgIpc) is 2.58. The first-order valence-corrected chi connectivity index (χ1v) is 8.38. The van der Waals surface area contributed by atoms with E-state index in [2.05, 4.69) is 21.4 Å². The summed E-state index contributed by atoms with van der Waals surface area (Å²) < 4.78 is 27.0. The van der Waals surface area contributed by atoms with Gasteiger partial charge < -0.3 is 10.2 Å². The van der Waals surface area contributed by atoms with Gasteiger partial charge >= 0.3 is 0 Å². The number of nitrogens with zero attached hydrogens (tertiary/aromatic N) is 3. The highest BCUT2D eigenvalue weighted by molar-refractivity contribution is 5.66. The van der Waals surface area contributed by atoms with Crippen LogP contribution in [0.1, 0.15) is 18.3 Å². The summed E-state index contributed by atoms with van der Waals surface area (Å²) in [6, 6.07) is 13.3. The van der Waals surface area contributed by atoms with Crippen LogP contribution < -0.4 is 10.2 Å². The van der Waals surface area contributed by atoms with Crippen molar-refractivity contribution in [2.45, 2.75) is 20.8 Å². The third-order valence-corrected chi connectivity index (χ3v) is 3.92. The van der Waals surface area contributed by atoms with Crippen LogP contribution in [0.15, 0.2) is 48.5 Å². The van der Waals surface area contributed by atoms with Crippen LogP contribution in [-0.4, -0.2) is 16.5 Å². The van der Waals surface area contributed by atoms with Crippen LogP contribution in [0, 0.1) is 25.5 Å². The lowest BCUT2D eigenvalue weighted by Crippen LogP contribution is -2.18. The molecule has 0 unspecified atom stereocenters. The predicted octanol–water partition coefficient (Wildman–Crippen LogP) is 5.27. The maximum atomic E-state index is 13.9. The summed E-state index contributed by atoms with van der Waals surface area (Å²) in [6.45, 7) is 6.56. The van der Waals surface area contributed by atoms with Gasteiger partial charge in [0.2, 0.25) is 0 Å². The zero-order valence-corrected chi connectivity index (χ0v) is 14.9. The van der Waals surface area contributed by atoms with E-state index < -0.39 is 11.6 Å². The second kappa shape index (κ2) is 7.47. The molecule has 3 aromatic rings. The number of aromatic nitrogens is 2. The standard InChI is InChI=1S/C20H20F2N4/c1-4-26(16-7-5-6-13(2)10-16)20-12-19(23-14(3)24-20)25-18-9-8-15(21)11-17(18)22/h5-12H,4H2,1-3H3,(H,23,24,25). The minimum Gasteiger partial charge on any atom is -0.338 e. The summed E-state index contributed by atoms with van der Waals surface area (Å²) in [7, 11) is 0. The largest absolute Gasteiger partial charge is 0.338 e. The van der Waals surface area contributed by atoms with Crippen LogP contribution in [0.5, 0.6) is 0 Å². The van der Waals surface area contributed by atoms with Crippen molar-refractivity contribution in [1.29, 1.82) is 0 Å². The fraction of sp³-hybridized carbons (Fsp3) is 0.200. The summed E-state index contributed by atoms with van der Waals surface area (Å²) in [6.07, 6.45) is 0. The Balaban J connectivity index is 1.96. The Hall–Kier alpha value is -3.02. The van der Waals surface area contributed by atoms with Gasteiger partial charge in [-0.15, -0.1) is 0 Å². The highest BCUT2D eigenvalue weighted by atomic mass is 19.1. The van der Waals surface area contributed by atoms with Crippen molar-refractivity contribution in [1.82, 2.24) is 9.97 Å². The molecule has 0 amide bonds. The third-order valence-electron chi connectivity index (χ3n) is 3.92. The maximum absolute atomic E-state index is 13.9. The zero-order valence-electron chi connectivity index (χ0n) is 14.9. The Bertz CT molecular complexity index is 927. The van der Waals surface area contributed by atoms with Crippen LogP contribution in [0.2, 0.25) is 0 Å². The highest BCUT2D eigenvalue weighted by Crippen LogP contribution is 2.27. The number of halogens is 2. The molecule has 0 aliphatic rings. The van der Waals surface area contributed by atoms with E-state index in [-0.39, 0.29) is 5.69 Å². The number of aryl methyl sites for hydroxylation is 2. The number of hydrogen-bond acceptors (Lipinski definition) is 4. The van der Waals surface area contributed by atoms with Gasteiger partial charge in [0.1, 0.15) is 29.1 Å². The van der Waals surface area contributed by atoms with Crippen LogP contribution in [0.25, 0.3) is 0 Å². The number of rotatable bonds is 5. The Kier molecular flexibility index (Phi) is 5.11. The molecular formula is C20H20F2N4. The molecule has 0 bridgehead atoms. The van der Waals surface area contributed by atoms with E-state index in [0.717, 1.165) is 17.3 Å². The fourth-order valence-electron chi connectivity index (χ4n) is 2.76. The smallest absolute Gasteiger partial charge is 0.149 e. The molecule has 1 N–H and O–H groups in total. The van der Waals surface area contributed by atoms with Gasteiger partial charge in [0.25, 0.3) is 0 Å². The lowest BCUT2D eigenvalue weighted by Gasteiger charge is -2.23. The van der Waals surface area contributed by atoms with Crippen LogP contribution in [0.4, 0.5) is 31.8 Å². The van der Waals surface area contributed by atoms with Crippen molar-refractivity contribution < 1.29 is 8.78 Å². The van der Waals surface area contributed by atoms with Crippen molar-refractivity contribution >= 4 is 23.0 Å². The lowest BCUT2D eigenvalue weighted by atomic mass is 10.2. The number of nitrogens with one attached hydrogen (secondary N) is 1. The molecule has 26 heavy (non-hydrogen) atoms. The molecule has 0 fully saturated rings. The molecule has 0 radical (unpaired) electrons. The molecule has 134 valence electrons. The summed E-state index contributed by atoms with van der Waals surface area (Å²) >= 11 is 0. The lowest BCUT2D eigenvalue weighted by molar-refractivity contribution is 0.586. The van der Waals surface area contributed by atoms with E-state index in [1.165, 1.54) is 12.1 Å². The first kappa shape index (κ1) is 17.8. The van der Waals surface area contributed by atoms with Crippen molar-refractivity contribution in [3.63, 3.8) is 0 Å². The van der Waals surface area contributed by atoms with E-state index in [1.807, 2.05) is 36.9 Å². The van der Waals surface area contributed by atoms with Crippen molar-refractivity contribution in [3.8, 4) is 0 Å². The normalized spacial score (nSPS) is 10.7. The quantitative estimate of drug-likeness (QED) is 0.677. The van der Waals surface area contributed by atoms with Gasteiger partial charge in [0.15, 0.2) is 0 Å². The molecule has 4 nitrogen and oxygen atoms in total. The Labute approximate surface area is 151 Å². The second-order valence-corrected chi connectivity index (χ2v) is 5.99. The first-order chi connectivity index (χ1) is 12.5. The molecular weight excluding hydrogens is 334 g/mol. The molecule has 1 heterocycles. The van der Waals surface area contributed by atoms with Gasteiger partial charge in [0, 0.05) is 24.4 Å². The molecule has 3 rings (SSSR count). The number of benzene rings is 2. The Morgan fingerprint density at radius 2 is 1.81 bits per heavy atom. The van der Waals surface area contributed by atoms with Crippen molar-refractivity contribution in [2.75, 3.05) is 16.8 Å². The molecule has 1 aromatic heterocycles. The molecule has 0 atom stereocenters. The van der Waals surface area contributed by atoms with Gasteiger partial charge in [-0.3, -0.25) is 0 Å². The molecule has 0 aliphatic carbocycles. The van der Waals surface area contributed by atoms with Crippen LogP contribution >= 0.6 is 0 Å². The van der Waals surface area contributed by atoms with Gasteiger partial charge in [-0.2, -0.15) is 0 Å². The highest BCUT2D eigenvalue weighted by Gasteiger charge is 2.13. The van der Waals surface area contributed by atoms with E-state index >= 15 is 0 Å². The molecule has 0 spiro atoms. The zero-order chi connectivity index (χ0) is 18.7. The minimum atomic E-state index is -0.672. The minimum absolute atomic E-state index is 0.161. The number of anilines is 4. The predicted molar refractivity (Wildman–Crippen MR) is 100 cm³/mol. The van der Waals surface area contributed by atoms with E-state index in [4.69, 9.17) is 0 Å². The van der Waals surface area contributed by atoms with Gasteiger partial charge in [0.05, 0.1) is 5.69 Å². The van der Waals surface area contributed by atoms with E-state index in [0.29, 0.717) is 24.0 Å². The van der Waals surface area contributed by atoms with Crippen molar-refractivity contribution in [3.05, 3.63) is 71.6 Å². The molecule has 0 saturated heterocycles. The van der Waals surface area contributed by atoms with Gasteiger partial charge in [-0.05, 0) is 50.6 Å². The van der Waals surface area contributed by atoms with Gasteiger partial charge in [-0.25, -0.2) is 18.7 Å². The summed E-state index contributed by atoms with van der Waals surface area (Å²) in [5, 5.41) is 2.90. The summed E-state index contributed by atoms with van der Waals surface area (Å²) in [5.74, 6) is 0.413. The molecule has 6 heteroatoms. The van der Waals surface area contributed by atoms with Gasteiger partial charge in [-0.1, -0.05) is 12.1 Å². The molecule has 2 aromatic carbocycles. The maximum Gasteiger partial charge on any atom is 0.149 e. The monoisotopic (exact) mass is 354 g/mol. The van der Waals surface area contributed by atoms with Crippen molar-refractivity contribution in [2.24, 2.45) is 0 Å². The average molecular weight is 354 g/mol. The Morgan fingerprint density at radius 1 is 1.00 bits per heavy atom. The molecule has 0 aliphatic heterocycles. The second-order valence-electron chi connectivity index (χ2n) is 5.99. The first-order valence-electron chi connectivity index (χ1n) is 8.38. The summed E-state index contributed by atoms with van der Waals surface area (Å²) in [5.41, 5.74) is 2.33. The summed E-state index contributed by atoms with van der Waals surface area (Å²) in [4.78, 5) is 10.9. The van der Waals surface area contributed by atoms with E-state index in [1.54, 1.807) is 13.0 Å². The molecule has 0 saturated carbocycles. The van der Waals surface area contributed by atoms with Crippen LogP contribution in [0.3, 0.4) is 0 Å². The topological polar surface area (TPSA) is 41.0 Å². The fourth-order valence-corrected chi connectivity index (χ4v) is 2.76. The van der Waals surface area contributed by atoms with E-state index in [9.17, 15) is 8.78 Å². The van der Waals surface area contributed by atoms with Crippen LogP contribution in [-0.2, 0) is 0 Å². The SMILES string of the molecule is CCN(c1cccc(C)c1)c1cc(Nc2ccc(F)cc2F)nc(C)n1.